The summed E-state index contributed by atoms with van der Waals surface area (Å²) in [6.07, 6.45) is 4.61. The van der Waals surface area contributed by atoms with Crippen LogP contribution >= 0.6 is 0 Å². The standard InChI is InChI=1S/C19H23FN4O2/c1-24-17(22-18(25)14-4-2-3-5-14)12-16(23-24)19(26)21-11-10-13-6-8-15(20)9-7-13/h6-9,12,14H,2-5,10-11H2,1H3,(H,21,26)(H,22,25). The first kappa shape index (κ1) is 18.1. The van der Waals surface area contributed by atoms with Gasteiger partial charge in [-0.2, -0.15) is 5.10 Å². The molecule has 0 spiro atoms. The largest absolute Gasteiger partial charge is 0.350 e. The Morgan fingerprint density at radius 1 is 1.23 bits per heavy atom. The molecule has 26 heavy (non-hydrogen) atoms. The predicted octanol–water partition coefficient (Wildman–Crippen LogP) is 2.66. The monoisotopic (exact) mass is 358 g/mol. The normalized spacial score (nSPS) is 14.4. The van der Waals surface area contributed by atoms with Crippen molar-refractivity contribution >= 4 is 17.6 Å². The molecule has 0 aliphatic heterocycles. The number of hydrogen-bond acceptors (Lipinski definition) is 3. The van der Waals surface area contributed by atoms with E-state index in [9.17, 15) is 14.0 Å². The molecule has 1 aromatic carbocycles. The van der Waals surface area contributed by atoms with Crippen LogP contribution in [0.4, 0.5) is 10.2 Å². The minimum atomic E-state index is -0.302. The van der Waals surface area contributed by atoms with Crippen molar-refractivity contribution in [3.8, 4) is 0 Å². The van der Waals surface area contributed by atoms with Crippen LogP contribution in [-0.4, -0.2) is 28.1 Å². The van der Waals surface area contributed by atoms with Crippen LogP contribution in [0.1, 0.15) is 41.7 Å². The summed E-state index contributed by atoms with van der Waals surface area (Å²) < 4.78 is 14.4. The first-order valence-electron chi connectivity index (χ1n) is 8.90. The third-order valence-electron chi connectivity index (χ3n) is 4.70. The maximum absolute atomic E-state index is 12.9. The highest BCUT2D eigenvalue weighted by Gasteiger charge is 2.24. The van der Waals surface area contributed by atoms with Crippen LogP contribution < -0.4 is 10.6 Å². The third-order valence-corrected chi connectivity index (χ3v) is 4.70. The molecule has 1 aliphatic carbocycles. The Hall–Kier alpha value is -2.70. The van der Waals surface area contributed by atoms with E-state index in [4.69, 9.17) is 0 Å². The van der Waals surface area contributed by atoms with Crippen LogP contribution in [0.5, 0.6) is 0 Å². The summed E-state index contributed by atoms with van der Waals surface area (Å²) in [4.78, 5) is 24.5. The van der Waals surface area contributed by atoms with E-state index in [2.05, 4.69) is 15.7 Å². The maximum atomic E-state index is 12.9. The van der Waals surface area contributed by atoms with E-state index in [1.54, 1.807) is 25.2 Å². The molecule has 2 amide bonds. The Morgan fingerprint density at radius 3 is 2.62 bits per heavy atom. The zero-order valence-corrected chi connectivity index (χ0v) is 14.8. The topological polar surface area (TPSA) is 76.0 Å². The van der Waals surface area contributed by atoms with Crippen molar-refractivity contribution in [2.75, 3.05) is 11.9 Å². The van der Waals surface area contributed by atoms with Crippen LogP contribution in [0.25, 0.3) is 0 Å². The highest BCUT2D eigenvalue weighted by atomic mass is 19.1. The van der Waals surface area contributed by atoms with Crippen LogP contribution in [-0.2, 0) is 18.3 Å². The highest BCUT2D eigenvalue weighted by Crippen LogP contribution is 2.26. The van der Waals surface area contributed by atoms with Crippen LogP contribution in [0.2, 0.25) is 0 Å². The first-order valence-corrected chi connectivity index (χ1v) is 8.90. The minimum absolute atomic E-state index is 0.00577. The van der Waals surface area contributed by atoms with Gasteiger partial charge in [-0.3, -0.25) is 14.3 Å². The van der Waals surface area contributed by atoms with E-state index in [0.717, 1.165) is 31.2 Å². The highest BCUT2D eigenvalue weighted by molar-refractivity contribution is 5.96. The Balaban J connectivity index is 1.52. The van der Waals surface area contributed by atoms with Crippen molar-refractivity contribution in [2.45, 2.75) is 32.1 Å². The van der Waals surface area contributed by atoms with Crippen LogP contribution in [0.3, 0.4) is 0 Å². The summed E-state index contributed by atoms with van der Waals surface area (Å²) in [5, 5.41) is 9.82. The second kappa shape index (κ2) is 8.12. The number of aromatic nitrogens is 2. The molecule has 1 fully saturated rings. The summed E-state index contributed by atoms with van der Waals surface area (Å²) in [5.74, 6) is -0.0141. The lowest BCUT2D eigenvalue weighted by atomic mass is 10.1. The lowest BCUT2D eigenvalue weighted by Gasteiger charge is -2.09. The van der Waals surface area contributed by atoms with E-state index in [1.807, 2.05) is 0 Å². The van der Waals surface area contributed by atoms with E-state index in [1.165, 1.54) is 16.8 Å². The number of nitrogens with one attached hydrogen (secondary N) is 2. The second-order valence-corrected chi connectivity index (χ2v) is 6.64. The number of benzene rings is 1. The smallest absolute Gasteiger partial charge is 0.271 e. The molecule has 2 N–H and O–H groups in total. The quantitative estimate of drug-likeness (QED) is 0.833. The number of nitrogens with zero attached hydrogens (tertiary/aromatic N) is 2. The van der Waals surface area contributed by atoms with Gasteiger partial charge < -0.3 is 10.6 Å². The van der Waals surface area contributed by atoms with Gasteiger partial charge in [0.1, 0.15) is 11.6 Å². The number of rotatable bonds is 6. The van der Waals surface area contributed by atoms with E-state index in [0.29, 0.717) is 18.8 Å². The van der Waals surface area contributed by atoms with Gasteiger partial charge in [0, 0.05) is 25.6 Å². The van der Waals surface area contributed by atoms with Crippen molar-refractivity contribution in [3.05, 3.63) is 47.4 Å². The zero-order chi connectivity index (χ0) is 18.5. The van der Waals surface area contributed by atoms with Gasteiger partial charge >= 0.3 is 0 Å². The number of anilines is 1. The Bertz CT molecular complexity index is 779. The van der Waals surface area contributed by atoms with Crippen molar-refractivity contribution in [2.24, 2.45) is 13.0 Å². The molecule has 0 radical (unpaired) electrons. The molecular formula is C19H23FN4O2. The van der Waals surface area contributed by atoms with Gasteiger partial charge in [-0.05, 0) is 37.0 Å². The average molecular weight is 358 g/mol. The summed E-state index contributed by atoms with van der Waals surface area (Å²) in [6.45, 7) is 0.421. The lowest BCUT2D eigenvalue weighted by molar-refractivity contribution is -0.119. The Labute approximate surface area is 151 Å². The minimum Gasteiger partial charge on any atom is -0.350 e. The molecule has 0 unspecified atom stereocenters. The zero-order valence-electron chi connectivity index (χ0n) is 14.8. The SMILES string of the molecule is Cn1nc(C(=O)NCCc2ccc(F)cc2)cc1NC(=O)C1CCCC1. The van der Waals surface area contributed by atoms with Crippen molar-refractivity contribution in [1.82, 2.24) is 15.1 Å². The molecule has 6 nitrogen and oxygen atoms in total. The van der Waals surface area contributed by atoms with Gasteiger partial charge in [0.2, 0.25) is 5.91 Å². The second-order valence-electron chi connectivity index (χ2n) is 6.64. The van der Waals surface area contributed by atoms with E-state index in [-0.39, 0.29) is 29.2 Å². The van der Waals surface area contributed by atoms with Crippen molar-refractivity contribution in [1.29, 1.82) is 0 Å². The molecule has 1 heterocycles. The fraction of sp³-hybridized carbons (Fsp3) is 0.421. The molecule has 7 heteroatoms. The molecule has 0 atom stereocenters. The number of aryl methyl sites for hydroxylation is 1. The average Bonchev–Trinajstić information content (AvgIpc) is 3.27. The summed E-state index contributed by atoms with van der Waals surface area (Å²) in [5.41, 5.74) is 1.20. The van der Waals surface area contributed by atoms with Gasteiger partial charge in [-0.25, -0.2) is 4.39 Å². The fourth-order valence-electron chi connectivity index (χ4n) is 3.17. The van der Waals surface area contributed by atoms with Crippen molar-refractivity contribution < 1.29 is 14.0 Å². The first-order chi connectivity index (χ1) is 12.5. The number of halogens is 1. The molecule has 1 aliphatic rings. The lowest BCUT2D eigenvalue weighted by Crippen LogP contribution is -2.26. The molecule has 2 aromatic rings. The molecular weight excluding hydrogens is 335 g/mol. The van der Waals surface area contributed by atoms with Gasteiger partial charge in [0.05, 0.1) is 0 Å². The number of amides is 2. The number of carbonyl (C=O) groups is 2. The van der Waals surface area contributed by atoms with Gasteiger partial charge in [0.25, 0.3) is 5.91 Å². The summed E-state index contributed by atoms with van der Waals surface area (Å²) >= 11 is 0. The number of hydrogen-bond donors (Lipinski definition) is 2. The third kappa shape index (κ3) is 4.47. The summed E-state index contributed by atoms with van der Waals surface area (Å²) in [6, 6.07) is 7.77. The fourth-order valence-corrected chi connectivity index (χ4v) is 3.17. The van der Waals surface area contributed by atoms with Gasteiger partial charge in [0.15, 0.2) is 5.69 Å². The van der Waals surface area contributed by atoms with Crippen LogP contribution in [0, 0.1) is 11.7 Å². The molecule has 3 rings (SSSR count). The molecule has 1 aromatic heterocycles. The van der Waals surface area contributed by atoms with Crippen molar-refractivity contribution in [3.63, 3.8) is 0 Å². The molecule has 138 valence electrons. The van der Waals surface area contributed by atoms with Gasteiger partial charge in [-0.1, -0.05) is 25.0 Å². The van der Waals surface area contributed by atoms with E-state index >= 15 is 0 Å². The molecule has 0 saturated heterocycles. The Morgan fingerprint density at radius 2 is 1.92 bits per heavy atom. The predicted molar refractivity (Wildman–Crippen MR) is 96.2 cm³/mol. The number of carbonyl (C=O) groups excluding carboxylic acids is 2. The molecule has 1 saturated carbocycles. The van der Waals surface area contributed by atoms with Gasteiger partial charge in [-0.15, -0.1) is 0 Å². The van der Waals surface area contributed by atoms with E-state index < -0.39 is 0 Å². The van der Waals surface area contributed by atoms with Crippen LogP contribution in [0.15, 0.2) is 30.3 Å². The molecule has 0 bridgehead atoms. The Kier molecular flexibility index (Phi) is 5.65. The summed E-state index contributed by atoms with van der Waals surface area (Å²) in [7, 11) is 1.69. The maximum Gasteiger partial charge on any atom is 0.271 e.